The van der Waals surface area contributed by atoms with Crippen molar-refractivity contribution in [2.75, 3.05) is 17.7 Å². The van der Waals surface area contributed by atoms with Crippen LogP contribution in [0.2, 0.25) is 0 Å². The van der Waals surface area contributed by atoms with Crippen LogP contribution in [0.5, 0.6) is 0 Å². The molecule has 1 atom stereocenters. The predicted octanol–water partition coefficient (Wildman–Crippen LogP) is 5.15. The molecule has 3 rings (SSSR count). The summed E-state index contributed by atoms with van der Waals surface area (Å²) in [5.41, 5.74) is 4.37. The van der Waals surface area contributed by atoms with Gasteiger partial charge in [-0.2, -0.15) is 0 Å². The van der Waals surface area contributed by atoms with Crippen LogP contribution in [-0.2, 0) is 14.3 Å². The lowest BCUT2D eigenvalue weighted by Gasteiger charge is -2.11. The normalized spacial score (nSPS) is 11.4. The van der Waals surface area contributed by atoms with E-state index in [2.05, 4.69) is 5.32 Å². The van der Waals surface area contributed by atoms with E-state index in [1.807, 2.05) is 73.7 Å². The van der Waals surface area contributed by atoms with Crippen LogP contribution in [0.15, 0.2) is 78.9 Å². The summed E-state index contributed by atoms with van der Waals surface area (Å²) in [6.07, 6.45) is 0. The minimum Gasteiger partial charge on any atom is -0.456 e. The highest BCUT2D eigenvalue weighted by atomic mass is 32.2. The third-order valence-electron chi connectivity index (χ3n) is 4.79. The molecule has 0 aliphatic rings. The van der Waals surface area contributed by atoms with Crippen molar-refractivity contribution >= 4 is 35.1 Å². The number of ketones is 1. The molecule has 0 aliphatic heterocycles. The summed E-state index contributed by atoms with van der Waals surface area (Å²) in [7, 11) is 0. The van der Waals surface area contributed by atoms with E-state index in [4.69, 9.17) is 4.74 Å². The smallest absolute Gasteiger partial charge is 0.319 e. The Morgan fingerprint density at radius 2 is 1.50 bits per heavy atom. The van der Waals surface area contributed by atoms with Gasteiger partial charge in [-0.05, 0) is 37.1 Å². The Morgan fingerprint density at radius 1 is 0.875 bits per heavy atom. The Balaban J connectivity index is 1.42. The van der Waals surface area contributed by atoms with E-state index in [9.17, 15) is 14.4 Å². The van der Waals surface area contributed by atoms with Crippen molar-refractivity contribution in [2.24, 2.45) is 0 Å². The lowest BCUT2D eigenvalue weighted by atomic mass is 10.0. The number of amides is 1. The SMILES string of the molecule is Cc1ccc(NC(=O)CS[C@@H](C)C(=O)OCC(=O)c2ccc(-c3ccccc3)cc2)cc1. The number of hydrogen-bond donors (Lipinski definition) is 1. The highest BCUT2D eigenvalue weighted by Crippen LogP contribution is 2.20. The van der Waals surface area contributed by atoms with Gasteiger partial charge in [0, 0.05) is 11.3 Å². The monoisotopic (exact) mass is 447 g/mol. The van der Waals surface area contributed by atoms with Crippen LogP contribution in [-0.4, -0.2) is 35.3 Å². The highest BCUT2D eigenvalue weighted by molar-refractivity contribution is 8.01. The molecule has 6 heteroatoms. The predicted molar refractivity (Wildman–Crippen MR) is 129 cm³/mol. The summed E-state index contributed by atoms with van der Waals surface area (Å²) >= 11 is 1.16. The Hall–Kier alpha value is -3.38. The second kappa shape index (κ2) is 11.3. The van der Waals surface area contributed by atoms with Crippen molar-refractivity contribution in [1.29, 1.82) is 0 Å². The molecule has 0 aliphatic carbocycles. The van der Waals surface area contributed by atoms with E-state index in [1.165, 1.54) is 0 Å². The fraction of sp³-hybridized carbons (Fsp3) is 0.192. The number of carbonyl (C=O) groups is 3. The van der Waals surface area contributed by atoms with Gasteiger partial charge >= 0.3 is 5.97 Å². The van der Waals surface area contributed by atoms with E-state index in [0.717, 1.165) is 28.5 Å². The molecule has 164 valence electrons. The molecule has 3 aromatic carbocycles. The molecule has 1 N–H and O–H groups in total. The first kappa shape index (κ1) is 23.3. The fourth-order valence-electron chi connectivity index (χ4n) is 2.92. The molecule has 0 spiro atoms. The van der Waals surface area contributed by atoms with Gasteiger partial charge in [0.1, 0.15) is 5.25 Å². The van der Waals surface area contributed by atoms with E-state index < -0.39 is 11.2 Å². The summed E-state index contributed by atoms with van der Waals surface area (Å²) in [5.74, 6) is -0.883. The topological polar surface area (TPSA) is 72.5 Å². The molecule has 1 amide bonds. The number of anilines is 1. The molecule has 32 heavy (non-hydrogen) atoms. The number of rotatable bonds is 9. The maximum Gasteiger partial charge on any atom is 0.319 e. The van der Waals surface area contributed by atoms with Crippen LogP contribution in [0.3, 0.4) is 0 Å². The van der Waals surface area contributed by atoms with Gasteiger partial charge in [0.15, 0.2) is 12.4 Å². The first-order valence-corrected chi connectivity index (χ1v) is 11.3. The number of thioether (sulfide) groups is 1. The summed E-state index contributed by atoms with van der Waals surface area (Å²) in [5, 5.41) is 2.22. The highest BCUT2D eigenvalue weighted by Gasteiger charge is 2.18. The molecule has 0 heterocycles. The maximum absolute atomic E-state index is 12.4. The molecular formula is C26H25NO4S. The molecule has 0 radical (unpaired) electrons. The van der Waals surface area contributed by atoms with Gasteiger partial charge in [0.25, 0.3) is 0 Å². The molecule has 5 nitrogen and oxygen atoms in total. The minimum absolute atomic E-state index is 0.110. The number of nitrogens with one attached hydrogen (secondary N) is 1. The minimum atomic E-state index is -0.563. The van der Waals surface area contributed by atoms with Crippen LogP contribution in [0, 0.1) is 6.92 Å². The molecule has 0 fully saturated rings. The van der Waals surface area contributed by atoms with Crippen LogP contribution in [0.4, 0.5) is 5.69 Å². The van der Waals surface area contributed by atoms with Gasteiger partial charge in [-0.1, -0.05) is 72.3 Å². The van der Waals surface area contributed by atoms with Crippen LogP contribution in [0.1, 0.15) is 22.8 Å². The number of benzene rings is 3. The first-order valence-electron chi connectivity index (χ1n) is 10.3. The maximum atomic E-state index is 12.4. The zero-order chi connectivity index (χ0) is 22.9. The van der Waals surface area contributed by atoms with Crippen LogP contribution >= 0.6 is 11.8 Å². The van der Waals surface area contributed by atoms with Crippen molar-refractivity contribution in [3.63, 3.8) is 0 Å². The number of ether oxygens (including phenoxy) is 1. The summed E-state index contributed by atoms with van der Waals surface area (Å²) in [6.45, 7) is 3.30. The van der Waals surface area contributed by atoms with Crippen LogP contribution < -0.4 is 5.32 Å². The molecule has 3 aromatic rings. The van der Waals surface area contributed by atoms with Crippen molar-refractivity contribution in [2.45, 2.75) is 19.1 Å². The molecule has 0 bridgehead atoms. The molecule has 0 unspecified atom stereocenters. The Kier molecular flexibility index (Phi) is 8.22. The summed E-state index contributed by atoms with van der Waals surface area (Å²) < 4.78 is 5.16. The zero-order valence-corrected chi connectivity index (χ0v) is 18.9. The largest absolute Gasteiger partial charge is 0.456 e. The van der Waals surface area contributed by atoms with Crippen molar-refractivity contribution in [3.8, 4) is 11.1 Å². The van der Waals surface area contributed by atoms with Crippen molar-refractivity contribution in [3.05, 3.63) is 90.0 Å². The lowest BCUT2D eigenvalue weighted by Crippen LogP contribution is -2.23. The molecule has 0 saturated carbocycles. The summed E-state index contributed by atoms with van der Waals surface area (Å²) in [4.78, 5) is 36.6. The summed E-state index contributed by atoms with van der Waals surface area (Å²) in [6, 6.07) is 24.5. The Bertz CT molecular complexity index is 1060. The van der Waals surface area contributed by atoms with Gasteiger partial charge < -0.3 is 10.1 Å². The number of esters is 1. The first-order chi connectivity index (χ1) is 15.4. The standard InChI is InChI=1S/C26H25NO4S/c1-18-8-14-23(15-9-18)27-25(29)17-32-19(2)26(30)31-16-24(28)22-12-10-21(11-13-22)20-6-4-3-5-7-20/h3-15,19H,16-17H2,1-2H3,(H,27,29)/t19-/m0/s1. The van der Waals surface area contributed by atoms with Gasteiger partial charge in [-0.15, -0.1) is 11.8 Å². The van der Waals surface area contributed by atoms with Crippen molar-refractivity contribution in [1.82, 2.24) is 0 Å². The van der Waals surface area contributed by atoms with Gasteiger partial charge in [-0.25, -0.2) is 0 Å². The number of aryl methyl sites for hydroxylation is 1. The van der Waals surface area contributed by atoms with E-state index >= 15 is 0 Å². The lowest BCUT2D eigenvalue weighted by molar-refractivity contribution is -0.141. The van der Waals surface area contributed by atoms with E-state index in [-0.39, 0.29) is 24.1 Å². The van der Waals surface area contributed by atoms with Crippen LogP contribution in [0.25, 0.3) is 11.1 Å². The van der Waals surface area contributed by atoms with E-state index in [1.54, 1.807) is 19.1 Å². The second-order valence-electron chi connectivity index (χ2n) is 7.34. The molecule has 0 saturated heterocycles. The molecular weight excluding hydrogens is 422 g/mol. The average molecular weight is 448 g/mol. The second-order valence-corrected chi connectivity index (χ2v) is 8.67. The number of hydrogen-bond acceptors (Lipinski definition) is 5. The third kappa shape index (κ3) is 6.82. The van der Waals surface area contributed by atoms with Gasteiger partial charge in [0.05, 0.1) is 5.75 Å². The quantitative estimate of drug-likeness (QED) is 0.363. The number of Topliss-reactive ketones (excluding diaryl/α,β-unsaturated/α-hetero) is 1. The van der Waals surface area contributed by atoms with E-state index in [0.29, 0.717) is 11.3 Å². The average Bonchev–Trinajstić information content (AvgIpc) is 2.83. The fourth-order valence-corrected chi connectivity index (χ4v) is 3.60. The Labute approximate surface area is 192 Å². The Morgan fingerprint density at radius 3 is 2.16 bits per heavy atom. The number of carbonyl (C=O) groups excluding carboxylic acids is 3. The van der Waals surface area contributed by atoms with Gasteiger partial charge in [0.2, 0.25) is 5.91 Å². The zero-order valence-electron chi connectivity index (χ0n) is 18.0. The third-order valence-corrected chi connectivity index (χ3v) is 5.91. The van der Waals surface area contributed by atoms with Crippen molar-refractivity contribution < 1.29 is 19.1 Å². The van der Waals surface area contributed by atoms with Gasteiger partial charge in [-0.3, -0.25) is 14.4 Å². The molecule has 0 aromatic heterocycles.